The summed E-state index contributed by atoms with van der Waals surface area (Å²) in [7, 11) is 0. The lowest BCUT2D eigenvalue weighted by Gasteiger charge is -2.14. The predicted molar refractivity (Wildman–Crippen MR) is 168 cm³/mol. The van der Waals surface area contributed by atoms with Crippen LogP contribution < -0.4 is 0 Å². The maximum absolute atomic E-state index is 9.35. The Morgan fingerprint density at radius 2 is 1.17 bits per heavy atom. The van der Waals surface area contributed by atoms with Crippen molar-refractivity contribution in [3.8, 4) is 45.1 Å². The predicted octanol–water partition coefficient (Wildman–Crippen LogP) is 10.2. The summed E-state index contributed by atoms with van der Waals surface area (Å²) in [6, 6.07) is 49.9. The highest BCUT2D eigenvalue weighted by molar-refractivity contribution is 6.16. The molecule has 0 radical (unpaired) electrons. The van der Waals surface area contributed by atoms with Gasteiger partial charge in [-0.15, -0.1) is 0 Å². The van der Waals surface area contributed by atoms with Gasteiger partial charge in [0.2, 0.25) is 0 Å². The highest BCUT2D eigenvalue weighted by Gasteiger charge is 2.19. The van der Waals surface area contributed by atoms with Crippen LogP contribution in [0.5, 0.6) is 0 Å². The van der Waals surface area contributed by atoms with E-state index in [2.05, 4.69) is 94.3 Å². The highest BCUT2D eigenvalue weighted by Crippen LogP contribution is 2.42. The van der Waals surface area contributed by atoms with E-state index in [1.165, 1.54) is 10.9 Å². The van der Waals surface area contributed by atoms with Gasteiger partial charge in [0, 0.05) is 22.0 Å². The molecule has 190 valence electrons. The Kier molecular flexibility index (Phi) is 5.90. The zero-order valence-electron chi connectivity index (χ0n) is 22.1. The second-order valence-corrected chi connectivity index (χ2v) is 10.0. The van der Waals surface area contributed by atoms with Gasteiger partial charge in [-0.3, -0.25) is 0 Å². The molecule has 0 bridgehead atoms. The summed E-state index contributed by atoms with van der Waals surface area (Å²) in [4.78, 5) is 3.61. The van der Waals surface area contributed by atoms with Crippen LogP contribution in [0.1, 0.15) is 5.56 Å². The lowest BCUT2D eigenvalue weighted by molar-refractivity contribution is 1.18. The topological polar surface area (TPSA) is 33.1 Å². The third-order valence-corrected chi connectivity index (χ3v) is 7.64. The molecule has 7 rings (SSSR count). The van der Waals surface area contributed by atoms with Crippen LogP contribution >= 0.6 is 0 Å². The van der Waals surface area contributed by atoms with Crippen molar-refractivity contribution in [1.29, 1.82) is 5.26 Å². The third-order valence-electron chi connectivity index (χ3n) is 7.64. The average Bonchev–Trinajstić information content (AvgIpc) is 3.39. The van der Waals surface area contributed by atoms with Gasteiger partial charge in [-0.2, -0.15) is 5.26 Å². The normalized spacial score (nSPS) is 10.9. The Bertz CT molecular complexity index is 2120. The van der Waals surface area contributed by atoms with Crippen molar-refractivity contribution in [3.05, 3.63) is 157 Å². The first-order valence-corrected chi connectivity index (χ1v) is 13.4. The van der Waals surface area contributed by atoms with Crippen LogP contribution in [-0.4, -0.2) is 4.57 Å². The minimum Gasteiger partial charge on any atom is -0.309 e. The molecular formula is C38H23N3. The molecule has 7 aromatic rings. The fourth-order valence-electron chi connectivity index (χ4n) is 5.64. The van der Waals surface area contributed by atoms with E-state index in [1.54, 1.807) is 0 Å². The molecule has 0 saturated carbocycles. The van der Waals surface area contributed by atoms with Gasteiger partial charge in [-0.25, -0.2) is 4.85 Å². The molecule has 0 aliphatic carbocycles. The SMILES string of the molecule is [C-]#[N+]c1ccc(-c2cc(-c3ccc(C#N)cc3)cc3c4cc(-c5ccccc5)ccc4n(-c4ccccc4)c23)cc1. The molecule has 0 aliphatic rings. The minimum absolute atomic E-state index is 0.615. The monoisotopic (exact) mass is 521 g/mol. The summed E-state index contributed by atoms with van der Waals surface area (Å²) < 4.78 is 2.35. The van der Waals surface area contributed by atoms with Crippen LogP contribution in [0, 0.1) is 17.9 Å². The van der Waals surface area contributed by atoms with E-state index in [0.717, 1.165) is 49.9 Å². The standard InChI is InChI=1S/C38H23N3/c1-40-32-19-16-29(17-20-32)34-23-31(28-14-12-26(25-39)13-15-28)24-36-35-22-30(27-8-4-2-5-9-27)18-21-37(35)41(38(34)36)33-10-6-3-7-11-33/h2-24H. The van der Waals surface area contributed by atoms with Gasteiger partial charge in [0.15, 0.2) is 5.69 Å². The highest BCUT2D eigenvalue weighted by atomic mass is 15.0. The van der Waals surface area contributed by atoms with Gasteiger partial charge < -0.3 is 4.57 Å². The van der Waals surface area contributed by atoms with Crippen molar-refractivity contribution >= 4 is 27.5 Å². The van der Waals surface area contributed by atoms with Crippen molar-refractivity contribution in [2.45, 2.75) is 0 Å². The van der Waals surface area contributed by atoms with Gasteiger partial charge in [-0.05, 0) is 76.3 Å². The summed E-state index contributed by atoms with van der Waals surface area (Å²) in [5.41, 5.74) is 11.2. The second kappa shape index (κ2) is 10.0. The molecule has 3 heteroatoms. The summed E-state index contributed by atoms with van der Waals surface area (Å²) in [6.45, 7) is 7.44. The molecule has 0 aliphatic heterocycles. The first kappa shape index (κ1) is 24.2. The number of hydrogen-bond acceptors (Lipinski definition) is 1. The van der Waals surface area contributed by atoms with Gasteiger partial charge in [0.25, 0.3) is 0 Å². The molecule has 0 saturated heterocycles. The number of fused-ring (bicyclic) bond motifs is 3. The van der Waals surface area contributed by atoms with E-state index in [-0.39, 0.29) is 0 Å². The van der Waals surface area contributed by atoms with E-state index < -0.39 is 0 Å². The van der Waals surface area contributed by atoms with Crippen molar-refractivity contribution < 1.29 is 0 Å². The Morgan fingerprint density at radius 1 is 0.561 bits per heavy atom. The molecule has 0 N–H and O–H groups in total. The smallest absolute Gasteiger partial charge is 0.187 e. The van der Waals surface area contributed by atoms with Crippen LogP contribution in [0.2, 0.25) is 0 Å². The Morgan fingerprint density at radius 3 is 1.85 bits per heavy atom. The number of rotatable bonds is 4. The lowest BCUT2D eigenvalue weighted by atomic mass is 9.94. The quantitative estimate of drug-likeness (QED) is 0.212. The molecule has 1 aromatic heterocycles. The van der Waals surface area contributed by atoms with Crippen LogP contribution in [0.25, 0.3) is 65.7 Å². The summed E-state index contributed by atoms with van der Waals surface area (Å²) in [5, 5.41) is 11.7. The fourth-order valence-corrected chi connectivity index (χ4v) is 5.64. The van der Waals surface area contributed by atoms with Crippen LogP contribution in [0.15, 0.2) is 140 Å². The Hall–Kier alpha value is -5.90. The largest absolute Gasteiger partial charge is 0.309 e. The maximum Gasteiger partial charge on any atom is 0.187 e. The third kappa shape index (κ3) is 4.23. The number of benzene rings is 6. The molecule has 0 unspecified atom stereocenters. The summed E-state index contributed by atoms with van der Waals surface area (Å²) >= 11 is 0. The molecule has 41 heavy (non-hydrogen) atoms. The lowest BCUT2D eigenvalue weighted by Crippen LogP contribution is -1.95. The van der Waals surface area contributed by atoms with Crippen molar-refractivity contribution in [2.75, 3.05) is 0 Å². The first-order chi connectivity index (χ1) is 20.2. The molecule has 0 fully saturated rings. The maximum atomic E-state index is 9.35. The number of nitrogens with zero attached hydrogens (tertiary/aromatic N) is 3. The van der Waals surface area contributed by atoms with Gasteiger partial charge in [0.1, 0.15) is 0 Å². The number of hydrogen-bond donors (Lipinski definition) is 0. The van der Waals surface area contributed by atoms with Gasteiger partial charge in [0.05, 0.1) is 29.2 Å². The zero-order chi connectivity index (χ0) is 27.8. The van der Waals surface area contributed by atoms with Gasteiger partial charge >= 0.3 is 0 Å². The average molecular weight is 522 g/mol. The summed E-state index contributed by atoms with van der Waals surface area (Å²) in [5.74, 6) is 0. The van der Waals surface area contributed by atoms with E-state index in [1.807, 2.05) is 60.7 Å². The van der Waals surface area contributed by atoms with Crippen LogP contribution in [0.4, 0.5) is 5.69 Å². The van der Waals surface area contributed by atoms with Crippen molar-refractivity contribution in [3.63, 3.8) is 0 Å². The van der Waals surface area contributed by atoms with E-state index >= 15 is 0 Å². The number of aromatic nitrogens is 1. The molecular weight excluding hydrogens is 498 g/mol. The molecule has 1 heterocycles. The zero-order valence-corrected chi connectivity index (χ0v) is 22.1. The van der Waals surface area contributed by atoms with Crippen molar-refractivity contribution in [2.24, 2.45) is 0 Å². The Labute approximate surface area is 238 Å². The molecule has 0 amide bonds. The number of nitriles is 1. The van der Waals surface area contributed by atoms with E-state index in [0.29, 0.717) is 11.3 Å². The first-order valence-electron chi connectivity index (χ1n) is 13.4. The van der Waals surface area contributed by atoms with Gasteiger partial charge in [-0.1, -0.05) is 91.0 Å². The number of para-hydroxylation sites is 1. The molecule has 0 atom stereocenters. The van der Waals surface area contributed by atoms with E-state index in [4.69, 9.17) is 6.57 Å². The Balaban J connectivity index is 1.61. The molecule has 3 nitrogen and oxygen atoms in total. The van der Waals surface area contributed by atoms with E-state index in [9.17, 15) is 5.26 Å². The second-order valence-electron chi connectivity index (χ2n) is 10.0. The molecule has 6 aromatic carbocycles. The van der Waals surface area contributed by atoms with Crippen LogP contribution in [0.3, 0.4) is 0 Å². The molecule has 0 spiro atoms. The van der Waals surface area contributed by atoms with Crippen molar-refractivity contribution in [1.82, 2.24) is 4.57 Å². The minimum atomic E-state index is 0.615. The van der Waals surface area contributed by atoms with Crippen LogP contribution in [-0.2, 0) is 0 Å². The fraction of sp³-hybridized carbons (Fsp3) is 0. The summed E-state index contributed by atoms with van der Waals surface area (Å²) in [6.07, 6.45) is 0.